The van der Waals surface area contributed by atoms with Gasteiger partial charge in [0.1, 0.15) is 0 Å². The lowest BCUT2D eigenvalue weighted by atomic mass is 10.1. The van der Waals surface area contributed by atoms with Crippen molar-refractivity contribution in [3.8, 4) is 0 Å². The number of ether oxygens (including phenoxy) is 1. The summed E-state index contributed by atoms with van der Waals surface area (Å²) in [5.74, 6) is 0. The van der Waals surface area contributed by atoms with Crippen LogP contribution in [-0.4, -0.2) is 122 Å². The van der Waals surface area contributed by atoms with Crippen molar-refractivity contribution in [2.45, 2.75) is 59.1 Å². The van der Waals surface area contributed by atoms with Gasteiger partial charge in [-0.25, -0.2) is 0 Å². The molecule has 0 saturated carbocycles. The average Bonchev–Trinajstić information content (AvgIpc) is 2.62. The normalized spacial score (nSPS) is 21.7. The molecule has 2 aliphatic rings. The van der Waals surface area contributed by atoms with Gasteiger partial charge in [-0.15, -0.1) is 0 Å². The highest BCUT2D eigenvalue weighted by Crippen LogP contribution is 2.08. The highest BCUT2D eigenvalue weighted by molar-refractivity contribution is 4.77. The Bertz CT molecular complexity index is 390. The molecule has 6 heteroatoms. The van der Waals surface area contributed by atoms with Gasteiger partial charge in [0.15, 0.2) is 0 Å². The molecule has 0 aromatic rings. The van der Waals surface area contributed by atoms with Gasteiger partial charge in [0.25, 0.3) is 0 Å². The predicted molar refractivity (Wildman–Crippen MR) is 124 cm³/mol. The van der Waals surface area contributed by atoms with Crippen molar-refractivity contribution >= 4 is 0 Å². The topological polar surface area (TPSA) is 34.2 Å². The van der Waals surface area contributed by atoms with E-state index in [1.54, 1.807) is 0 Å². The van der Waals surface area contributed by atoms with E-state index >= 15 is 0 Å². The van der Waals surface area contributed by atoms with Crippen LogP contribution in [0.5, 0.6) is 0 Å². The third-order valence-corrected chi connectivity index (χ3v) is 5.90. The van der Waals surface area contributed by atoms with E-state index in [1.807, 2.05) is 0 Å². The molecule has 2 saturated heterocycles. The Labute approximate surface area is 180 Å². The number of hydrogen-bond acceptors (Lipinski definition) is 6. The van der Waals surface area contributed by atoms with E-state index in [1.165, 1.54) is 78.4 Å². The van der Waals surface area contributed by atoms with Gasteiger partial charge in [0.2, 0.25) is 0 Å². The van der Waals surface area contributed by atoms with Crippen LogP contribution in [0.1, 0.15) is 48.0 Å². The van der Waals surface area contributed by atoms with Crippen molar-refractivity contribution in [1.29, 1.82) is 0 Å². The predicted octanol–water partition coefficient (Wildman–Crippen LogP) is 1.81. The lowest BCUT2D eigenvalue weighted by molar-refractivity contribution is -0.0179. The summed E-state index contributed by atoms with van der Waals surface area (Å²) in [6, 6.07) is 0. The molecular formula is C23H49N5O. The van der Waals surface area contributed by atoms with Crippen LogP contribution in [-0.2, 0) is 4.74 Å². The fourth-order valence-corrected chi connectivity index (χ4v) is 4.06. The summed E-state index contributed by atoms with van der Waals surface area (Å²) in [4.78, 5) is 10.5. The lowest BCUT2D eigenvalue weighted by Crippen LogP contribution is -2.50. The summed E-state index contributed by atoms with van der Waals surface area (Å²) in [5.41, 5.74) is 0.212. The van der Waals surface area contributed by atoms with Gasteiger partial charge in [-0.3, -0.25) is 9.80 Å². The molecule has 2 fully saturated rings. The van der Waals surface area contributed by atoms with Gasteiger partial charge in [-0.05, 0) is 61.1 Å². The van der Waals surface area contributed by atoms with Crippen LogP contribution in [0.25, 0.3) is 0 Å². The maximum Gasteiger partial charge on any atom is 0.0600 e. The monoisotopic (exact) mass is 411 g/mol. The third-order valence-electron chi connectivity index (χ3n) is 5.90. The second-order valence-corrected chi connectivity index (χ2v) is 10.9. The zero-order valence-electron chi connectivity index (χ0n) is 20.3. The maximum absolute atomic E-state index is 5.87. The first-order valence-electron chi connectivity index (χ1n) is 11.9. The van der Waals surface area contributed by atoms with Crippen molar-refractivity contribution in [3.63, 3.8) is 0 Å². The Kier molecular flexibility index (Phi) is 10.3. The zero-order valence-corrected chi connectivity index (χ0v) is 20.3. The van der Waals surface area contributed by atoms with E-state index in [0.717, 1.165) is 19.7 Å². The van der Waals surface area contributed by atoms with Crippen LogP contribution in [0.3, 0.4) is 0 Å². The van der Waals surface area contributed by atoms with E-state index < -0.39 is 0 Å². The van der Waals surface area contributed by atoms with Crippen molar-refractivity contribution < 1.29 is 4.74 Å². The minimum Gasteiger partial charge on any atom is -0.375 e. The molecule has 0 radical (unpaired) electrons. The molecular weight excluding hydrogens is 362 g/mol. The quantitative estimate of drug-likeness (QED) is 0.591. The van der Waals surface area contributed by atoms with Crippen LogP contribution in [0, 0.1) is 0 Å². The van der Waals surface area contributed by atoms with Crippen molar-refractivity contribution in [3.05, 3.63) is 0 Å². The summed E-state index contributed by atoms with van der Waals surface area (Å²) < 4.78 is 5.87. The second-order valence-electron chi connectivity index (χ2n) is 10.9. The van der Waals surface area contributed by atoms with E-state index in [4.69, 9.17) is 4.74 Å². The average molecular weight is 412 g/mol. The smallest absolute Gasteiger partial charge is 0.0600 e. The second kappa shape index (κ2) is 12.0. The minimum atomic E-state index is -0.0172. The highest BCUT2D eigenvalue weighted by Gasteiger charge is 2.20. The summed E-state index contributed by atoms with van der Waals surface area (Å²) in [7, 11) is 0. The van der Waals surface area contributed by atoms with Crippen LogP contribution < -0.4 is 5.32 Å². The highest BCUT2D eigenvalue weighted by atomic mass is 16.5. The largest absolute Gasteiger partial charge is 0.375 e. The maximum atomic E-state index is 5.87. The molecule has 172 valence electrons. The third kappa shape index (κ3) is 11.7. The summed E-state index contributed by atoms with van der Waals surface area (Å²) in [5, 5.41) is 3.60. The first-order valence-corrected chi connectivity index (χ1v) is 11.9. The van der Waals surface area contributed by atoms with E-state index in [0.29, 0.717) is 0 Å². The van der Waals surface area contributed by atoms with Gasteiger partial charge >= 0.3 is 0 Å². The lowest BCUT2D eigenvalue weighted by Gasteiger charge is -2.37. The molecule has 1 N–H and O–H groups in total. The van der Waals surface area contributed by atoms with Crippen LogP contribution in [0.4, 0.5) is 0 Å². The molecule has 2 aliphatic heterocycles. The SMILES string of the molecule is CC(C)(C)NCCN1CCN(CCCN2CCN(CCOC(C)(C)C)CC2)CC1. The Morgan fingerprint density at radius 1 is 0.621 bits per heavy atom. The van der Waals surface area contributed by atoms with Crippen molar-refractivity contribution in [2.24, 2.45) is 0 Å². The minimum absolute atomic E-state index is 0.0172. The van der Waals surface area contributed by atoms with Gasteiger partial charge < -0.3 is 19.9 Å². The Morgan fingerprint density at radius 3 is 1.45 bits per heavy atom. The van der Waals surface area contributed by atoms with Crippen LogP contribution in [0.2, 0.25) is 0 Å². The molecule has 0 unspecified atom stereocenters. The first-order chi connectivity index (χ1) is 13.6. The van der Waals surface area contributed by atoms with Crippen molar-refractivity contribution in [1.82, 2.24) is 24.9 Å². The molecule has 0 aromatic carbocycles. The van der Waals surface area contributed by atoms with Crippen LogP contribution in [0.15, 0.2) is 0 Å². The van der Waals surface area contributed by atoms with Gasteiger partial charge in [-0.2, -0.15) is 0 Å². The number of hydrogen-bond donors (Lipinski definition) is 1. The van der Waals surface area contributed by atoms with Crippen LogP contribution >= 0.6 is 0 Å². The summed E-state index contributed by atoms with van der Waals surface area (Å²) in [6.45, 7) is 29.5. The molecule has 0 bridgehead atoms. The Balaban J connectivity index is 1.47. The molecule has 29 heavy (non-hydrogen) atoms. The summed E-state index contributed by atoms with van der Waals surface area (Å²) in [6.07, 6.45) is 1.30. The summed E-state index contributed by atoms with van der Waals surface area (Å²) >= 11 is 0. The number of nitrogens with one attached hydrogen (secondary N) is 1. The number of piperazine rings is 2. The Hall–Kier alpha value is -0.240. The Morgan fingerprint density at radius 2 is 1.03 bits per heavy atom. The molecule has 0 aliphatic carbocycles. The molecule has 0 aromatic heterocycles. The van der Waals surface area contributed by atoms with Crippen molar-refractivity contribution in [2.75, 3.05) is 91.7 Å². The molecule has 2 rings (SSSR count). The van der Waals surface area contributed by atoms with E-state index in [9.17, 15) is 0 Å². The number of nitrogens with zero attached hydrogens (tertiary/aromatic N) is 4. The number of rotatable bonds is 10. The standard InChI is InChI=1S/C23H49N5O/c1-22(2,3)24-8-11-27-16-12-25(13-17-27)9-7-10-26-14-18-28(19-15-26)20-21-29-23(4,5)6/h24H,7-21H2,1-6H3. The van der Waals surface area contributed by atoms with Gasteiger partial charge in [0.05, 0.1) is 12.2 Å². The van der Waals surface area contributed by atoms with Gasteiger partial charge in [-0.1, -0.05) is 0 Å². The zero-order chi connectivity index (χ0) is 21.3. The van der Waals surface area contributed by atoms with E-state index in [-0.39, 0.29) is 11.1 Å². The molecule has 6 nitrogen and oxygen atoms in total. The molecule has 0 spiro atoms. The molecule has 2 heterocycles. The van der Waals surface area contributed by atoms with Gasteiger partial charge in [0, 0.05) is 77.5 Å². The molecule has 0 amide bonds. The first kappa shape index (κ1) is 25.0. The molecule has 0 atom stereocenters. The fourth-order valence-electron chi connectivity index (χ4n) is 4.06. The van der Waals surface area contributed by atoms with E-state index in [2.05, 4.69) is 66.5 Å². The fraction of sp³-hybridized carbons (Fsp3) is 1.00.